The van der Waals surface area contributed by atoms with Crippen molar-refractivity contribution < 1.29 is 28.1 Å². The number of hydrogen-bond donors (Lipinski definition) is 2. The molecule has 4 nitrogen and oxygen atoms in total. The van der Waals surface area contributed by atoms with E-state index >= 15 is 0 Å². The van der Waals surface area contributed by atoms with Crippen molar-refractivity contribution in [2.45, 2.75) is 64.6 Å². The van der Waals surface area contributed by atoms with Gasteiger partial charge in [-0.15, -0.1) is 0 Å². The van der Waals surface area contributed by atoms with Crippen molar-refractivity contribution in [2.24, 2.45) is 0 Å². The number of allylic oxidation sites excluding steroid dienone is 1. The molecule has 31 heavy (non-hydrogen) atoms. The number of benzene rings is 1. The van der Waals surface area contributed by atoms with Crippen molar-refractivity contribution in [3.05, 3.63) is 41.5 Å². The van der Waals surface area contributed by atoms with E-state index < -0.39 is 25.5 Å². The van der Waals surface area contributed by atoms with E-state index in [9.17, 15) is 10.2 Å². The fourth-order valence-corrected chi connectivity index (χ4v) is 17.5. The van der Waals surface area contributed by atoms with E-state index in [2.05, 4.69) is 86.1 Å². The zero-order chi connectivity index (χ0) is 22.9. The van der Waals surface area contributed by atoms with Crippen LogP contribution in [0.25, 0.3) is 6.08 Å². The third-order valence-electron chi connectivity index (χ3n) is 6.32. The van der Waals surface area contributed by atoms with Gasteiger partial charge in [0.15, 0.2) is 0 Å². The Balaban J connectivity index is 2.35. The van der Waals surface area contributed by atoms with Crippen LogP contribution in [0.15, 0.2) is 30.3 Å². The molecule has 0 fully saturated rings. The molecule has 2 rings (SSSR count). The second-order valence-electron chi connectivity index (χ2n) is 8.93. The Morgan fingerprint density at radius 1 is 0.839 bits per heavy atom. The number of aliphatic hydroxyl groups excluding tert-OH is 2. The van der Waals surface area contributed by atoms with Gasteiger partial charge in [-0.25, -0.2) is 0 Å². The van der Waals surface area contributed by atoms with Gasteiger partial charge in [-0.05, 0) is 0 Å². The van der Waals surface area contributed by atoms with E-state index in [4.69, 9.17) is 0 Å². The van der Waals surface area contributed by atoms with E-state index in [0.29, 0.717) is 13.1 Å². The molecular weight excluding hydrogens is 531 g/mol. The molecule has 3 unspecified atom stereocenters. The minimum absolute atomic E-state index is 0.130. The normalized spacial score (nSPS) is 19.6. The Hall–Kier alpha value is 0.163. The molecule has 2 N–H and O–H groups in total. The van der Waals surface area contributed by atoms with Crippen LogP contribution in [-0.2, 0) is 17.9 Å². The molecule has 0 heterocycles. The Labute approximate surface area is 200 Å². The molecule has 1 aliphatic rings. The molecule has 0 aliphatic heterocycles. The summed E-state index contributed by atoms with van der Waals surface area (Å²) in [5.41, 5.74) is 2.49. The second-order valence-corrected chi connectivity index (χ2v) is 25.9. The van der Waals surface area contributed by atoms with E-state index in [1.807, 2.05) is 0 Å². The Bertz CT molecular complexity index is 651. The fourth-order valence-electron chi connectivity index (χ4n) is 4.89. The molecular formula is C25H43BrN2O2Zr. The summed E-state index contributed by atoms with van der Waals surface area (Å²) >= 11 is 0.439. The summed E-state index contributed by atoms with van der Waals surface area (Å²) in [7, 11) is 0. The standard InChI is InChI=1S/C9H7.2C8H18NO.BrH.Zr/c1-2-5-9-7-3-6-8(9)4-1;2*1-3-5-9(6-4-2)7-8-10;;/h1-7H;2*8,10H,3-7H2,1-2H3;1H;/q;;;;+1/p-1. The molecule has 3 atom stereocenters. The van der Waals surface area contributed by atoms with E-state index in [0.717, 1.165) is 51.9 Å². The summed E-state index contributed by atoms with van der Waals surface area (Å²) in [5.74, 6) is 0. The van der Waals surface area contributed by atoms with Crippen LogP contribution >= 0.6 is 12.2 Å². The van der Waals surface area contributed by atoms with Gasteiger partial charge in [0.25, 0.3) is 0 Å². The minimum atomic E-state index is -3.74. The van der Waals surface area contributed by atoms with Gasteiger partial charge in [-0.1, -0.05) is 0 Å². The van der Waals surface area contributed by atoms with Crippen LogP contribution in [0.1, 0.15) is 68.1 Å². The molecule has 0 bridgehead atoms. The van der Waals surface area contributed by atoms with Crippen LogP contribution in [-0.4, -0.2) is 66.9 Å². The number of rotatable bonds is 15. The molecule has 176 valence electrons. The summed E-state index contributed by atoms with van der Waals surface area (Å²) < 4.78 is -0.854. The van der Waals surface area contributed by atoms with E-state index in [-0.39, 0.29) is 3.63 Å². The Kier molecular flexibility index (Phi) is 12.2. The first kappa shape index (κ1) is 27.4. The molecule has 1 aromatic carbocycles. The number of fused-ring (bicyclic) bond motifs is 1. The van der Waals surface area contributed by atoms with Crippen LogP contribution in [0.2, 0.25) is 0 Å². The zero-order valence-corrected chi connectivity index (χ0v) is 24.0. The van der Waals surface area contributed by atoms with Gasteiger partial charge in [0.2, 0.25) is 0 Å². The summed E-state index contributed by atoms with van der Waals surface area (Å²) in [6.07, 6.45) is 8.73. The second kappa shape index (κ2) is 13.8. The average Bonchev–Trinajstić information content (AvgIpc) is 3.18. The third kappa shape index (κ3) is 7.07. The molecule has 0 amide bonds. The maximum atomic E-state index is 11.7. The molecule has 1 aromatic rings. The molecule has 0 saturated heterocycles. The average molecular weight is 575 g/mol. The Morgan fingerprint density at radius 3 is 1.74 bits per heavy atom. The number of halogens is 1. The number of nitrogens with zero attached hydrogens (tertiary/aromatic N) is 2. The molecule has 0 spiro atoms. The van der Waals surface area contributed by atoms with Crippen molar-refractivity contribution in [1.82, 2.24) is 9.80 Å². The number of aliphatic hydroxyl groups is 2. The van der Waals surface area contributed by atoms with Crippen LogP contribution in [0.5, 0.6) is 0 Å². The molecule has 0 aromatic heterocycles. The van der Waals surface area contributed by atoms with Gasteiger partial charge >= 0.3 is 202 Å². The van der Waals surface area contributed by atoms with Gasteiger partial charge in [0, 0.05) is 0 Å². The number of hydrogen-bond acceptors (Lipinski definition) is 4. The molecule has 6 heteroatoms. The third-order valence-corrected chi connectivity index (χ3v) is 25.0. The van der Waals surface area contributed by atoms with Gasteiger partial charge in [0.05, 0.1) is 0 Å². The van der Waals surface area contributed by atoms with Crippen molar-refractivity contribution in [2.75, 3.05) is 39.3 Å². The monoisotopic (exact) mass is 572 g/mol. The quantitative estimate of drug-likeness (QED) is 0.306. The van der Waals surface area contributed by atoms with E-state index in [1.54, 1.807) is 0 Å². The van der Waals surface area contributed by atoms with Crippen molar-refractivity contribution in [3.63, 3.8) is 0 Å². The van der Waals surface area contributed by atoms with Crippen LogP contribution in [0, 0.1) is 0 Å². The summed E-state index contributed by atoms with van der Waals surface area (Å²) in [4.78, 5) is 4.76. The summed E-state index contributed by atoms with van der Waals surface area (Å²) in [6, 6.07) is 8.47. The van der Waals surface area contributed by atoms with Crippen LogP contribution < -0.4 is 0 Å². The molecule has 1 aliphatic carbocycles. The zero-order valence-electron chi connectivity index (χ0n) is 19.9. The van der Waals surface area contributed by atoms with Gasteiger partial charge < -0.3 is 0 Å². The summed E-state index contributed by atoms with van der Waals surface area (Å²) in [6.45, 7) is 14.0. The van der Waals surface area contributed by atoms with Crippen LogP contribution in [0.3, 0.4) is 0 Å². The topological polar surface area (TPSA) is 46.9 Å². The molecule has 0 radical (unpaired) electrons. The van der Waals surface area contributed by atoms with Gasteiger partial charge in [-0.2, -0.15) is 0 Å². The van der Waals surface area contributed by atoms with Crippen LogP contribution in [0.4, 0.5) is 0 Å². The predicted molar refractivity (Wildman–Crippen MR) is 133 cm³/mol. The van der Waals surface area contributed by atoms with Crippen molar-refractivity contribution >= 4 is 18.3 Å². The van der Waals surface area contributed by atoms with Gasteiger partial charge in [-0.3, -0.25) is 0 Å². The SMILES string of the molecule is CCCN(CCC)C[CH](O)[Zr]([Br])([CH](O)CN(CCC)CCC)[CH]1C=Cc2ccccc21. The molecule has 0 saturated carbocycles. The summed E-state index contributed by atoms with van der Waals surface area (Å²) in [5, 5.41) is 23.4. The fraction of sp³-hybridized carbons (Fsp3) is 0.680. The van der Waals surface area contributed by atoms with Crippen molar-refractivity contribution in [3.8, 4) is 0 Å². The Morgan fingerprint density at radius 2 is 1.29 bits per heavy atom. The van der Waals surface area contributed by atoms with E-state index in [1.165, 1.54) is 11.1 Å². The first-order valence-corrected chi connectivity index (χ1v) is 22.1. The first-order valence-electron chi connectivity index (χ1n) is 12.2. The maximum absolute atomic E-state index is 11.7. The van der Waals surface area contributed by atoms with Gasteiger partial charge in [0.1, 0.15) is 0 Å². The first-order chi connectivity index (χ1) is 14.9. The predicted octanol–water partition coefficient (Wildman–Crippen LogP) is 5.10. The van der Waals surface area contributed by atoms with Crippen molar-refractivity contribution in [1.29, 1.82) is 0 Å².